The van der Waals surface area contributed by atoms with Gasteiger partial charge in [-0.3, -0.25) is 4.90 Å². The molecule has 2 atom stereocenters. The number of hydrogen-bond acceptors (Lipinski definition) is 4. The zero-order valence-electron chi connectivity index (χ0n) is 14.6. The fourth-order valence-corrected chi connectivity index (χ4v) is 3.33. The second-order valence-corrected chi connectivity index (χ2v) is 6.87. The van der Waals surface area contributed by atoms with Gasteiger partial charge in [0.2, 0.25) is 0 Å². The van der Waals surface area contributed by atoms with E-state index in [0.29, 0.717) is 13.2 Å². The van der Waals surface area contributed by atoms with Gasteiger partial charge < -0.3 is 14.6 Å². The monoisotopic (exact) mass is 361 g/mol. The summed E-state index contributed by atoms with van der Waals surface area (Å²) in [4.78, 5) is 2.23. The molecule has 1 aliphatic heterocycles. The van der Waals surface area contributed by atoms with E-state index in [1.165, 1.54) is 0 Å². The standard InChI is InChI=1S/C20H24ClNO3/c1-14-3-8-19(24-2)17(11-14)18(23)12-22-9-10-25-20(13-22)15-4-6-16(21)7-5-15/h3-8,11,18,20,23H,9-10,12-13H2,1-2H3. The van der Waals surface area contributed by atoms with E-state index in [0.717, 1.165) is 40.6 Å². The van der Waals surface area contributed by atoms with Gasteiger partial charge in [0.15, 0.2) is 0 Å². The van der Waals surface area contributed by atoms with Crippen molar-refractivity contribution in [2.75, 3.05) is 33.4 Å². The molecule has 0 spiro atoms. The predicted octanol–water partition coefficient (Wildman–Crippen LogP) is 3.76. The number of β-amino-alcohol motifs (C(OH)–C–C–N with tert-alkyl or cyclic N) is 1. The van der Waals surface area contributed by atoms with Gasteiger partial charge in [-0.05, 0) is 36.8 Å². The van der Waals surface area contributed by atoms with Crippen LogP contribution >= 0.6 is 11.6 Å². The van der Waals surface area contributed by atoms with E-state index >= 15 is 0 Å². The lowest BCUT2D eigenvalue weighted by Crippen LogP contribution is -2.40. The first-order valence-electron chi connectivity index (χ1n) is 8.49. The van der Waals surface area contributed by atoms with Crippen LogP contribution in [0.2, 0.25) is 5.02 Å². The topological polar surface area (TPSA) is 41.9 Å². The van der Waals surface area contributed by atoms with Gasteiger partial charge in [0.1, 0.15) is 5.75 Å². The molecule has 2 unspecified atom stereocenters. The molecule has 0 aliphatic carbocycles. The first-order chi connectivity index (χ1) is 12.1. The number of rotatable bonds is 5. The summed E-state index contributed by atoms with van der Waals surface area (Å²) in [5.74, 6) is 0.723. The molecule has 134 valence electrons. The Labute approximate surface area is 153 Å². The fourth-order valence-electron chi connectivity index (χ4n) is 3.20. The molecule has 2 aromatic carbocycles. The highest BCUT2D eigenvalue weighted by Crippen LogP contribution is 2.29. The number of methoxy groups -OCH3 is 1. The second kappa shape index (κ2) is 8.19. The number of hydrogen-bond donors (Lipinski definition) is 1. The third-order valence-corrected chi connectivity index (χ3v) is 4.82. The van der Waals surface area contributed by atoms with Gasteiger partial charge in [-0.2, -0.15) is 0 Å². The Bertz CT molecular complexity index is 705. The highest BCUT2D eigenvalue weighted by molar-refractivity contribution is 6.30. The molecule has 2 aromatic rings. The lowest BCUT2D eigenvalue weighted by atomic mass is 10.0. The molecule has 0 saturated carbocycles. The van der Waals surface area contributed by atoms with Crippen molar-refractivity contribution in [1.82, 2.24) is 4.90 Å². The van der Waals surface area contributed by atoms with Crippen molar-refractivity contribution in [3.8, 4) is 5.75 Å². The molecule has 25 heavy (non-hydrogen) atoms. The van der Waals surface area contributed by atoms with E-state index in [-0.39, 0.29) is 6.10 Å². The molecule has 0 radical (unpaired) electrons. The lowest BCUT2D eigenvalue weighted by Gasteiger charge is -2.34. The smallest absolute Gasteiger partial charge is 0.124 e. The van der Waals surface area contributed by atoms with Crippen molar-refractivity contribution in [3.63, 3.8) is 0 Å². The lowest BCUT2D eigenvalue weighted by molar-refractivity contribution is -0.0425. The average molecular weight is 362 g/mol. The molecule has 0 bridgehead atoms. The first kappa shape index (κ1) is 18.2. The molecule has 5 heteroatoms. The quantitative estimate of drug-likeness (QED) is 0.880. The van der Waals surface area contributed by atoms with Gasteiger partial charge in [-0.25, -0.2) is 0 Å². The predicted molar refractivity (Wildman–Crippen MR) is 99.3 cm³/mol. The van der Waals surface area contributed by atoms with Crippen LogP contribution in [0.15, 0.2) is 42.5 Å². The molecule has 1 heterocycles. The number of morpholine rings is 1. The Morgan fingerprint density at radius 2 is 2.04 bits per heavy atom. The van der Waals surface area contributed by atoms with Crippen molar-refractivity contribution in [2.24, 2.45) is 0 Å². The molecule has 0 aromatic heterocycles. The second-order valence-electron chi connectivity index (χ2n) is 6.43. The summed E-state index contributed by atoms with van der Waals surface area (Å²) in [6, 6.07) is 13.6. The maximum atomic E-state index is 10.7. The normalized spacial score (nSPS) is 19.6. The molecule has 1 N–H and O–H groups in total. The number of halogens is 1. The van der Waals surface area contributed by atoms with Crippen LogP contribution < -0.4 is 4.74 Å². The van der Waals surface area contributed by atoms with Crippen LogP contribution in [-0.4, -0.2) is 43.4 Å². The Kier molecular flexibility index (Phi) is 5.97. The Morgan fingerprint density at radius 3 is 2.76 bits per heavy atom. The fraction of sp³-hybridized carbons (Fsp3) is 0.400. The number of aliphatic hydroxyl groups is 1. The summed E-state index contributed by atoms with van der Waals surface area (Å²) in [5.41, 5.74) is 3.05. The van der Waals surface area contributed by atoms with Gasteiger partial charge >= 0.3 is 0 Å². The SMILES string of the molecule is COc1ccc(C)cc1C(O)CN1CCOC(c2ccc(Cl)cc2)C1. The number of aliphatic hydroxyl groups excluding tert-OH is 1. The summed E-state index contributed by atoms with van der Waals surface area (Å²) in [6.07, 6.45) is -0.601. The maximum Gasteiger partial charge on any atom is 0.124 e. The third kappa shape index (κ3) is 4.53. The van der Waals surface area contributed by atoms with Crippen molar-refractivity contribution in [1.29, 1.82) is 0 Å². The van der Waals surface area contributed by atoms with E-state index in [1.807, 2.05) is 49.4 Å². The molecule has 4 nitrogen and oxygen atoms in total. The summed E-state index contributed by atoms with van der Waals surface area (Å²) in [7, 11) is 1.63. The van der Waals surface area contributed by atoms with Crippen LogP contribution in [0.1, 0.15) is 28.9 Å². The number of ether oxygens (including phenoxy) is 2. The van der Waals surface area contributed by atoms with Crippen molar-refractivity contribution >= 4 is 11.6 Å². The number of nitrogens with zero attached hydrogens (tertiary/aromatic N) is 1. The van der Waals surface area contributed by atoms with Gasteiger partial charge in [-0.1, -0.05) is 35.4 Å². The van der Waals surface area contributed by atoms with Crippen molar-refractivity contribution in [2.45, 2.75) is 19.1 Å². The van der Waals surface area contributed by atoms with Gasteiger partial charge in [0.25, 0.3) is 0 Å². The Hall–Kier alpha value is -1.59. The van der Waals surface area contributed by atoms with E-state index in [1.54, 1.807) is 7.11 Å². The minimum absolute atomic E-state index is 0.00220. The van der Waals surface area contributed by atoms with Crippen molar-refractivity contribution in [3.05, 3.63) is 64.2 Å². The van der Waals surface area contributed by atoms with Gasteiger partial charge in [0, 0.05) is 30.2 Å². The van der Waals surface area contributed by atoms with Crippen LogP contribution in [-0.2, 0) is 4.74 Å². The molecular formula is C20H24ClNO3. The van der Waals surface area contributed by atoms with E-state index in [2.05, 4.69) is 4.90 Å². The molecule has 1 saturated heterocycles. The van der Waals surface area contributed by atoms with Crippen molar-refractivity contribution < 1.29 is 14.6 Å². The van der Waals surface area contributed by atoms with E-state index < -0.39 is 6.10 Å². The van der Waals surface area contributed by atoms with E-state index in [9.17, 15) is 5.11 Å². The molecular weight excluding hydrogens is 338 g/mol. The van der Waals surface area contributed by atoms with E-state index in [4.69, 9.17) is 21.1 Å². The molecule has 1 aliphatic rings. The largest absolute Gasteiger partial charge is 0.496 e. The summed E-state index contributed by atoms with van der Waals surface area (Å²) in [6.45, 7) is 4.75. The third-order valence-electron chi connectivity index (χ3n) is 4.57. The maximum absolute atomic E-state index is 10.7. The van der Waals surface area contributed by atoms with Crippen LogP contribution in [0.3, 0.4) is 0 Å². The highest BCUT2D eigenvalue weighted by atomic mass is 35.5. The first-order valence-corrected chi connectivity index (χ1v) is 8.86. The zero-order valence-corrected chi connectivity index (χ0v) is 15.4. The number of benzene rings is 2. The van der Waals surface area contributed by atoms with Crippen LogP contribution in [0.25, 0.3) is 0 Å². The highest BCUT2D eigenvalue weighted by Gasteiger charge is 2.25. The van der Waals surface area contributed by atoms with Crippen LogP contribution in [0.5, 0.6) is 5.75 Å². The number of aryl methyl sites for hydroxylation is 1. The van der Waals surface area contributed by atoms with Gasteiger partial charge in [0.05, 0.1) is 25.9 Å². The van der Waals surface area contributed by atoms with Gasteiger partial charge in [-0.15, -0.1) is 0 Å². The molecule has 0 amide bonds. The Balaban J connectivity index is 1.68. The molecule has 1 fully saturated rings. The zero-order chi connectivity index (χ0) is 17.8. The molecule has 3 rings (SSSR count). The minimum Gasteiger partial charge on any atom is -0.496 e. The van der Waals surface area contributed by atoms with Crippen LogP contribution in [0.4, 0.5) is 0 Å². The Morgan fingerprint density at radius 1 is 1.28 bits per heavy atom. The minimum atomic E-state index is -0.598. The summed E-state index contributed by atoms with van der Waals surface area (Å²) < 4.78 is 11.3. The average Bonchev–Trinajstić information content (AvgIpc) is 2.62. The summed E-state index contributed by atoms with van der Waals surface area (Å²) in [5, 5.41) is 11.4. The van der Waals surface area contributed by atoms with Crippen LogP contribution in [0, 0.1) is 6.92 Å². The summed E-state index contributed by atoms with van der Waals surface area (Å²) >= 11 is 5.96.